The van der Waals surface area contributed by atoms with Crippen molar-refractivity contribution in [2.45, 2.75) is 95.8 Å². The van der Waals surface area contributed by atoms with Crippen LogP contribution in [0.5, 0.6) is 0 Å². The van der Waals surface area contributed by atoms with Crippen molar-refractivity contribution in [3.05, 3.63) is 35.5 Å². The SMILES string of the molecule is C=C1C(=O)OC2C1C(OC(=O)C(C)=CC)C1(O)OC(CC(C)(O)C2OC(=O)C(C)=CC)CC1(C)O. The van der Waals surface area contributed by atoms with Crippen molar-refractivity contribution in [3.63, 3.8) is 0 Å². The summed E-state index contributed by atoms with van der Waals surface area (Å²) < 4.78 is 22.7. The summed E-state index contributed by atoms with van der Waals surface area (Å²) in [6.45, 7) is 12.7. The highest BCUT2D eigenvalue weighted by atomic mass is 16.7. The highest BCUT2D eigenvalue weighted by molar-refractivity contribution is 5.92. The molecule has 35 heavy (non-hydrogen) atoms. The zero-order chi connectivity index (χ0) is 26.5. The van der Waals surface area contributed by atoms with Crippen LogP contribution >= 0.6 is 0 Å². The van der Waals surface area contributed by atoms with Gasteiger partial charge in [0.15, 0.2) is 18.3 Å². The van der Waals surface area contributed by atoms with Gasteiger partial charge in [-0.3, -0.25) is 0 Å². The zero-order valence-electron chi connectivity index (χ0n) is 20.9. The van der Waals surface area contributed by atoms with E-state index in [1.807, 2.05) is 0 Å². The first-order valence-corrected chi connectivity index (χ1v) is 11.5. The highest BCUT2D eigenvalue weighted by Crippen LogP contribution is 2.51. The fourth-order valence-electron chi connectivity index (χ4n) is 4.89. The fourth-order valence-corrected chi connectivity index (χ4v) is 4.89. The van der Waals surface area contributed by atoms with Crippen LogP contribution < -0.4 is 0 Å². The van der Waals surface area contributed by atoms with E-state index in [0.29, 0.717) is 0 Å². The van der Waals surface area contributed by atoms with Crippen molar-refractivity contribution >= 4 is 17.9 Å². The molecule has 0 aliphatic carbocycles. The number of esters is 3. The third-order valence-electron chi connectivity index (χ3n) is 7.25. The molecule has 0 spiro atoms. The minimum atomic E-state index is -2.49. The van der Waals surface area contributed by atoms with Crippen molar-refractivity contribution in [1.29, 1.82) is 0 Å². The van der Waals surface area contributed by atoms with Crippen molar-refractivity contribution < 1.29 is 48.7 Å². The Bertz CT molecular complexity index is 990. The average molecular weight is 495 g/mol. The lowest BCUT2D eigenvalue weighted by Crippen LogP contribution is -2.63. The molecule has 3 heterocycles. The van der Waals surface area contributed by atoms with Gasteiger partial charge in [-0.05, 0) is 41.5 Å². The van der Waals surface area contributed by atoms with Gasteiger partial charge in [0, 0.05) is 29.6 Å². The van der Waals surface area contributed by atoms with E-state index in [4.69, 9.17) is 18.9 Å². The van der Waals surface area contributed by atoms with E-state index in [9.17, 15) is 29.7 Å². The Balaban J connectivity index is 2.21. The smallest absolute Gasteiger partial charge is 0.334 e. The number of carbonyl (C=O) groups is 3. The number of rotatable bonds is 4. The lowest BCUT2D eigenvalue weighted by Gasteiger charge is -2.43. The minimum Gasteiger partial charge on any atom is -0.454 e. The third-order valence-corrected chi connectivity index (χ3v) is 7.25. The van der Waals surface area contributed by atoms with E-state index in [1.54, 1.807) is 13.8 Å². The Labute approximate surface area is 204 Å². The molecule has 0 aromatic heterocycles. The van der Waals surface area contributed by atoms with Gasteiger partial charge in [0.2, 0.25) is 5.79 Å². The first-order valence-electron chi connectivity index (χ1n) is 11.5. The molecule has 10 heteroatoms. The van der Waals surface area contributed by atoms with Crippen LogP contribution in [-0.4, -0.2) is 74.6 Å². The van der Waals surface area contributed by atoms with Gasteiger partial charge in [0.25, 0.3) is 0 Å². The molecule has 194 valence electrons. The molecule has 8 atom stereocenters. The normalized spacial score (nSPS) is 41.9. The third kappa shape index (κ3) is 4.55. The second kappa shape index (κ2) is 9.16. The summed E-state index contributed by atoms with van der Waals surface area (Å²) >= 11 is 0. The molecule has 0 aromatic carbocycles. The maximum absolute atomic E-state index is 12.8. The molecule has 2 bridgehead atoms. The summed E-state index contributed by atoms with van der Waals surface area (Å²) in [5.41, 5.74) is -3.50. The lowest BCUT2D eigenvalue weighted by atomic mass is 9.73. The molecular weight excluding hydrogens is 460 g/mol. The van der Waals surface area contributed by atoms with Crippen LogP contribution in [0, 0.1) is 5.92 Å². The van der Waals surface area contributed by atoms with Crippen LogP contribution in [0.1, 0.15) is 54.4 Å². The van der Waals surface area contributed by atoms with Gasteiger partial charge in [0.1, 0.15) is 11.2 Å². The van der Waals surface area contributed by atoms with E-state index in [0.717, 1.165) is 0 Å². The fraction of sp³-hybridized carbons (Fsp3) is 0.640. The number of ether oxygens (including phenoxy) is 4. The molecule has 8 unspecified atom stereocenters. The standard InChI is InChI=1S/C25H34O10/c1-8-12(3)20(26)33-18-16-14(5)22(28)32-17(16)19(34-21(27)13(4)9-2)23(6,29)10-15-11-24(7,30)25(18,31)35-15/h8-9,15-19,29-31H,5,10-11H2,1-4,6-7H3. The van der Waals surface area contributed by atoms with E-state index in [1.165, 1.54) is 39.8 Å². The summed E-state index contributed by atoms with van der Waals surface area (Å²) in [6, 6.07) is 0. The lowest BCUT2D eigenvalue weighted by molar-refractivity contribution is -0.312. The van der Waals surface area contributed by atoms with Gasteiger partial charge in [-0.15, -0.1) is 0 Å². The Morgan fingerprint density at radius 1 is 1.00 bits per heavy atom. The van der Waals surface area contributed by atoms with Crippen LogP contribution in [0.25, 0.3) is 0 Å². The summed E-state index contributed by atoms with van der Waals surface area (Å²) in [5.74, 6) is -6.28. The first-order chi connectivity index (χ1) is 16.1. The van der Waals surface area contributed by atoms with Gasteiger partial charge in [0.05, 0.1) is 12.0 Å². The monoisotopic (exact) mass is 494 g/mol. The summed E-state index contributed by atoms with van der Waals surface area (Å²) in [5, 5.41) is 34.4. The molecule has 0 saturated carbocycles. The summed E-state index contributed by atoms with van der Waals surface area (Å²) in [4.78, 5) is 38.2. The predicted octanol–water partition coefficient (Wildman–Crippen LogP) is 1.22. The van der Waals surface area contributed by atoms with Crippen LogP contribution in [0.4, 0.5) is 0 Å². The van der Waals surface area contributed by atoms with Crippen LogP contribution in [-0.2, 0) is 33.3 Å². The molecular formula is C25H34O10. The van der Waals surface area contributed by atoms with Gasteiger partial charge < -0.3 is 34.3 Å². The van der Waals surface area contributed by atoms with Crippen molar-refractivity contribution in [3.8, 4) is 0 Å². The Hall–Kier alpha value is -2.53. The van der Waals surface area contributed by atoms with E-state index >= 15 is 0 Å². The number of fused-ring (bicyclic) bond motifs is 3. The second-order valence-electron chi connectivity index (χ2n) is 9.99. The van der Waals surface area contributed by atoms with Crippen molar-refractivity contribution in [2.24, 2.45) is 5.92 Å². The Kier molecular flexibility index (Phi) is 7.08. The zero-order valence-corrected chi connectivity index (χ0v) is 20.9. The maximum Gasteiger partial charge on any atom is 0.334 e. The molecule has 3 saturated heterocycles. The predicted molar refractivity (Wildman–Crippen MR) is 121 cm³/mol. The van der Waals surface area contributed by atoms with Crippen LogP contribution in [0.3, 0.4) is 0 Å². The van der Waals surface area contributed by atoms with Crippen LogP contribution in [0.15, 0.2) is 35.5 Å². The van der Waals surface area contributed by atoms with E-state index in [2.05, 4.69) is 6.58 Å². The number of carbonyl (C=O) groups excluding carboxylic acids is 3. The highest BCUT2D eigenvalue weighted by Gasteiger charge is 2.69. The van der Waals surface area contributed by atoms with Crippen molar-refractivity contribution in [1.82, 2.24) is 0 Å². The molecule has 0 aromatic rings. The van der Waals surface area contributed by atoms with E-state index in [-0.39, 0.29) is 29.6 Å². The molecule has 3 N–H and O–H groups in total. The number of aliphatic hydroxyl groups is 3. The van der Waals surface area contributed by atoms with Gasteiger partial charge in [-0.25, -0.2) is 14.4 Å². The summed E-state index contributed by atoms with van der Waals surface area (Å²) in [6.07, 6.45) is -2.74. The van der Waals surface area contributed by atoms with Gasteiger partial charge in [-0.2, -0.15) is 0 Å². The van der Waals surface area contributed by atoms with Gasteiger partial charge in [-0.1, -0.05) is 18.7 Å². The average Bonchev–Trinajstić information content (AvgIpc) is 3.18. The van der Waals surface area contributed by atoms with Crippen molar-refractivity contribution in [2.75, 3.05) is 0 Å². The molecule has 3 aliphatic heterocycles. The largest absolute Gasteiger partial charge is 0.454 e. The quantitative estimate of drug-likeness (QED) is 0.296. The number of hydrogen-bond donors (Lipinski definition) is 3. The second-order valence-corrected chi connectivity index (χ2v) is 9.99. The minimum absolute atomic E-state index is 0.135. The molecule has 3 rings (SSSR count). The Morgan fingerprint density at radius 2 is 1.51 bits per heavy atom. The van der Waals surface area contributed by atoms with Crippen LogP contribution in [0.2, 0.25) is 0 Å². The number of allylic oxidation sites excluding steroid dienone is 2. The molecule has 3 fully saturated rings. The molecule has 3 aliphatic rings. The first kappa shape index (κ1) is 27.1. The molecule has 0 radical (unpaired) electrons. The van der Waals surface area contributed by atoms with E-state index < -0.39 is 65.2 Å². The van der Waals surface area contributed by atoms with Gasteiger partial charge >= 0.3 is 17.9 Å². The maximum atomic E-state index is 12.8. The Morgan fingerprint density at radius 3 is 2.03 bits per heavy atom. The summed E-state index contributed by atoms with van der Waals surface area (Å²) in [7, 11) is 0. The molecule has 0 amide bonds. The molecule has 10 nitrogen and oxygen atoms in total. The number of hydrogen-bond acceptors (Lipinski definition) is 10. The topological polar surface area (TPSA) is 149 Å².